The molecule has 0 aromatic heterocycles. The Morgan fingerprint density at radius 2 is 1.37 bits per heavy atom. The fraction of sp³-hybridized carbons (Fsp3) is 0.194. The highest BCUT2D eigenvalue weighted by atomic mass is 35.5. The molecule has 3 aliphatic rings. The van der Waals surface area contributed by atoms with Crippen molar-refractivity contribution >= 4 is 58.2 Å². The molecule has 4 aromatic rings. The predicted molar refractivity (Wildman–Crippen MR) is 174 cm³/mol. The Hall–Kier alpha value is -5.28. The summed E-state index contributed by atoms with van der Waals surface area (Å²) in [6, 6.07) is 27.3. The molecule has 230 valence electrons. The van der Waals surface area contributed by atoms with Gasteiger partial charge in [0.15, 0.2) is 0 Å². The number of fused-ring (bicyclic) bond motifs is 3. The van der Waals surface area contributed by atoms with Gasteiger partial charge in [0, 0.05) is 22.3 Å². The first kappa shape index (κ1) is 29.4. The van der Waals surface area contributed by atoms with E-state index in [1.54, 1.807) is 70.5 Å². The zero-order chi connectivity index (χ0) is 31.9. The SMILES string of the molecule is O=C(Nc1ccc(CN2C(=O)C3CCCC3N(C(=O)CN3C(=O)c4ccccc4C3=O)c3ccccc32)cc1)c1ccc(Cl)cc1. The number of para-hydroxylation sites is 2. The van der Waals surface area contributed by atoms with E-state index in [0.29, 0.717) is 40.5 Å². The second kappa shape index (κ2) is 11.9. The van der Waals surface area contributed by atoms with E-state index >= 15 is 0 Å². The highest BCUT2D eigenvalue weighted by molar-refractivity contribution is 6.30. The first-order valence-corrected chi connectivity index (χ1v) is 15.5. The molecule has 5 amide bonds. The summed E-state index contributed by atoms with van der Waals surface area (Å²) in [7, 11) is 0. The number of nitrogens with zero attached hydrogens (tertiary/aromatic N) is 3. The molecule has 1 fully saturated rings. The first-order chi connectivity index (χ1) is 22.3. The van der Waals surface area contributed by atoms with Gasteiger partial charge in [0.25, 0.3) is 17.7 Å². The van der Waals surface area contributed by atoms with Crippen molar-refractivity contribution < 1.29 is 24.0 Å². The molecule has 46 heavy (non-hydrogen) atoms. The smallest absolute Gasteiger partial charge is 0.262 e. The van der Waals surface area contributed by atoms with Gasteiger partial charge in [-0.05, 0) is 79.1 Å². The molecule has 7 rings (SSSR count). The standard InChI is InChI=1S/C36H29ClN4O5/c37-24-16-14-23(15-17-24)33(43)38-25-18-12-22(13-19-25)20-39-30-9-3-4-10-31(30)41(29-11-5-8-28(29)36(39)46)32(42)21-40-34(44)26-6-1-2-7-27(26)35(40)45/h1-4,6-7,9-10,12-19,28-29H,5,8,11,20-21H2,(H,38,43). The van der Waals surface area contributed by atoms with E-state index in [0.717, 1.165) is 16.9 Å². The minimum Gasteiger partial charge on any atom is -0.322 e. The lowest BCUT2D eigenvalue weighted by Crippen LogP contribution is -2.49. The molecule has 0 radical (unpaired) electrons. The number of hydrogen-bond donors (Lipinski definition) is 1. The lowest BCUT2D eigenvalue weighted by molar-refractivity contribution is -0.123. The van der Waals surface area contributed by atoms with Crippen LogP contribution in [0.3, 0.4) is 0 Å². The van der Waals surface area contributed by atoms with Crippen molar-refractivity contribution in [2.75, 3.05) is 21.7 Å². The number of anilines is 3. The maximum atomic E-state index is 14.2. The van der Waals surface area contributed by atoms with Crippen molar-refractivity contribution in [3.8, 4) is 0 Å². The van der Waals surface area contributed by atoms with Crippen molar-refractivity contribution in [1.82, 2.24) is 4.90 Å². The van der Waals surface area contributed by atoms with Crippen LogP contribution in [0.25, 0.3) is 0 Å². The second-order valence-electron chi connectivity index (χ2n) is 11.7. The number of carbonyl (C=O) groups is 5. The lowest BCUT2D eigenvalue weighted by atomic mass is 10.0. The molecule has 1 saturated carbocycles. The van der Waals surface area contributed by atoms with E-state index in [9.17, 15) is 24.0 Å². The summed E-state index contributed by atoms with van der Waals surface area (Å²) in [6.45, 7) is -0.161. The van der Waals surface area contributed by atoms with E-state index in [1.165, 1.54) is 0 Å². The molecular weight excluding hydrogens is 604 g/mol. The molecule has 4 aromatic carbocycles. The third kappa shape index (κ3) is 5.22. The van der Waals surface area contributed by atoms with Crippen molar-refractivity contribution in [2.45, 2.75) is 31.8 Å². The molecule has 0 spiro atoms. The summed E-state index contributed by atoms with van der Waals surface area (Å²) in [5, 5.41) is 3.42. The van der Waals surface area contributed by atoms with E-state index in [2.05, 4.69) is 5.32 Å². The van der Waals surface area contributed by atoms with Gasteiger partial charge < -0.3 is 15.1 Å². The molecule has 1 aliphatic carbocycles. The Morgan fingerprint density at radius 3 is 2.04 bits per heavy atom. The van der Waals surface area contributed by atoms with Crippen LogP contribution >= 0.6 is 11.6 Å². The van der Waals surface area contributed by atoms with E-state index < -0.39 is 36.2 Å². The molecule has 2 aliphatic heterocycles. The average molecular weight is 633 g/mol. The van der Waals surface area contributed by atoms with Crippen molar-refractivity contribution in [1.29, 1.82) is 0 Å². The summed E-state index contributed by atoms with van der Waals surface area (Å²) in [6.07, 6.45) is 2.03. The monoisotopic (exact) mass is 632 g/mol. The Kier molecular flexibility index (Phi) is 7.62. The van der Waals surface area contributed by atoms with Crippen LogP contribution < -0.4 is 15.1 Å². The number of rotatable bonds is 6. The van der Waals surface area contributed by atoms with Crippen LogP contribution in [0.4, 0.5) is 17.1 Å². The largest absolute Gasteiger partial charge is 0.322 e. The number of imide groups is 1. The summed E-state index contributed by atoms with van der Waals surface area (Å²) in [4.78, 5) is 71.4. The third-order valence-electron chi connectivity index (χ3n) is 8.93. The van der Waals surface area contributed by atoms with Crippen LogP contribution in [-0.4, -0.2) is 47.0 Å². The lowest BCUT2D eigenvalue weighted by Gasteiger charge is -2.31. The number of hydrogen-bond acceptors (Lipinski definition) is 5. The van der Waals surface area contributed by atoms with Crippen molar-refractivity contribution in [3.05, 3.63) is 124 Å². The van der Waals surface area contributed by atoms with Gasteiger partial charge in [-0.15, -0.1) is 0 Å². The first-order valence-electron chi connectivity index (χ1n) is 15.1. The number of benzene rings is 4. The van der Waals surface area contributed by atoms with Crippen LogP contribution in [0.1, 0.15) is 55.9 Å². The fourth-order valence-electron chi connectivity index (χ4n) is 6.69. The molecule has 9 nitrogen and oxygen atoms in total. The van der Waals surface area contributed by atoms with Gasteiger partial charge in [0.2, 0.25) is 11.8 Å². The zero-order valence-corrected chi connectivity index (χ0v) is 25.4. The molecule has 10 heteroatoms. The topological polar surface area (TPSA) is 107 Å². The van der Waals surface area contributed by atoms with Gasteiger partial charge in [-0.25, -0.2) is 0 Å². The normalized spacial score (nSPS) is 18.6. The molecule has 2 unspecified atom stereocenters. The van der Waals surface area contributed by atoms with Gasteiger partial charge >= 0.3 is 0 Å². The molecule has 2 heterocycles. The molecular formula is C36H29ClN4O5. The summed E-state index contributed by atoms with van der Waals surface area (Å²) < 4.78 is 0. The van der Waals surface area contributed by atoms with Crippen LogP contribution in [-0.2, 0) is 16.1 Å². The number of nitrogens with one attached hydrogen (secondary N) is 1. The summed E-state index contributed by atoms with van der Waals surface area (Å²) in [5.74, 6) is -2.17. The van der Waals surface area contributed by atoms with Gasteiger partial charge in [-0.1, -0.05) is 54.4 Å². The van der Waals surface area contributed by atoms with Gasteiger partial charge in [-0.3, -0.25) is 28.9 Å². The van der Waals surface area contributed by atoms with Crippen LogP contribution in [0.5, 0.6) is 0 Å². The predicted octanol–water partition coefficient (Wildman–Crippen LogP) is 5.94. The highest BCUT2D eigenvalue weighted by Crippen LogP contribution is 2.43. The van der Waals surface area contributed by atoms with Crippen LogP contribution in [0.2, 0.25) is 5.02 Å². The van der Waals surface area contributed by atoms with Crippen molar-refractivity contribution in [3.63, 3.8) is 0 Å². The maximum absolute atomic E-state index is 14.2. The Bertz CT molecular complexity index is 1860. The summed E-state index contributed by atoms with van der Waals surface area (Å²) in [5.41, 5.74) is 3.64. The van der Waals surface area contributed by atoms with Crippen molar-refractivity contribution in [2.24, 2.45) is 5.92 Å². The second-order valence-corrected chi connectivity index (χ2v) is 12.1. The molecule has 2 atom stereocenters. The Balaban J connectivity index is 1.14. The molecule has 0 saturated heterocycles. The minimum atomic E-state index is -0.495. The summed E-state index contributed by atoms with van der Waals surface area (Å²) >= 11 is 5.93. The highest BCUT2D eigenvalue weighted by Gasteiger charge is 2.47. The molecule has 0 bridgehead atoms. The maximum Gasteiger partial charge on any atom is 0.262 e. The van der Waals surface area contributed by atoms with Gasteiger partial charge in [-0.2, -0.15) is 0 Å². The average Bonchev–Trinajstić information content (AvgIpc) is 3.62. The van der Waals surface area contributed by atoms with Gasteiger partial charge in [0.1, 0.15) is 6.54 Å². The quantitative estimate of drug-likeness (QED) is 0.265. The van der Waals surface area contributed by atoms with Crippen LogP contribution in [0, 0.1) is 5.92 Å². The van der Waals surface area contributed by atoms with Gasteiger partial charge in [0.05, 0.1) is 35.0 Å². The minimum absolute atomic E-state index is 0.0777. The zero-order valence-electron chi connectivity index (χ0n) is 24.7. The number of carbonyl (C=O) groups excluding carboxylic acids is 5. The van der Waals surface area contributed by atoms with E-state index in [-0.39, 0.29) is 29.5 Å². The Morgan fingerprint density at radius 1 is 0.739 bits per heavy atom. The number of amides is 5. The molecule has 1 N–H and O–H groups in total. The number of halogens is 1. The van der Waals surface area contributed by atoms with Crippen LogP contribution in [0.15, 0.2) is 97.1 Å². The third-order valence-corrected chi connectivity index (χ3v) is 9.18. The Labute approximate surface area is 270 Å². The van der Waals surface area contributed by atoms with E-state index in [1.807, 2.05) is 36.4 Å². The van der Waals surface area contributed by atoms with E-state index in [4.69, 9.17) is 11.6 Å². The fourth-order valence-corrected chi connectivity index (χ4v) is 6.81.